The van der Waals surface area contributed by atoms with Crippen LogP contribution in [0, 0.1) is 0 Å². The first-order chi connectivity index (χ1) is 12.9. The maximum absolute atomic E-state index is 13.0. The lowest BCUT2D eigenvalue weighted by molar-refractivity contribution is 0.0579. The number of carbonyl (C=O) groups is 3. The number of benzene rings is 2. The summed E-state index contributed by atoms with van der Waals surface area (Å²) in [7, 11) is 0. The average molecular weight is 363 g/mol. The molecule has 27 heavy (non-hydrogen) atoms. The fourth-order valence-corrected chi connectivity index (χ4v) is 3.57. The summed E-state index contributed by atoms with van der Waals surface area (Å²) >= 11 is 0. The topological polar surface area (TPSA) is 54.5 Å². The second-order valence-corrected chi connectivity index (χ2v) is 7.54. The van der Waals surface area contributed by atoms with E-state index in [0.717, 1.165) is 25.9 Å². The molecule has 4 heteroatoms. The molecule has 0 aromatic heterocycles. The smallest absolute Gasteiger partial charge is 0.233 e. The summed E-state index contributed by atoms with van der Waals surface area (Å²) in [5, 5.41) is 0. The minimum absolute atomic E-state index is 0.0396. The van der Waals surface area contributed by atoms with Crippen molar-refractivity contribution in [3.8, 4) is 0 Å². The van der Waals surface area contributed by atoms with Crippen LogP contribution in [-0.4, -0.2) is 40.9 Å². The molecule has 1 saturated heterocycles. The van der Waals surface area contributed by atoms with E-state index in [1.807, 2.05) is 13.8 Å². The molecule has 1 aliphatic rings. The molecule has 0 saturated carbocycles. The van der Waals surface area contributed by atoms with E-state index in [1.165, 1.54) is 6.42 Å². The summed E-state index contributed by atoms with van der Waals surface area (Å²) in [6, 6.07) is 14.9. The summed E-state index contributed by atoms with van der Waals surface area (Å²) in [6.07, 6.45) is 3.45. The normalized spacial score (nSPS) is 15.3. The minimum Gasteiger partial charge on any atom is -0.292 e. The Morgan fingerprint density at radius 1 is 0.704 bits per heavy atom. The summed E-state index contributed by atoms with van der Waals surface area (Å²) in [5.41, 5.74) is 0.658. The fraction of sp³-hybridized carbons (Fsp3) is 0.348. The highest BCUT2D eigenvalue weighted by molar-refractivity contribution is 6.49. The number of rotatable bonds is 6. The van der Waals surface area contributed by atoms with Crippen LogP contribution in [0.15, 0.2) is 54.6 Å². The zero-order valence-corrected chi connectivity index (χ0v) is 15.9. The van der Waals surface area contributed by atoms with Gasteiger partial charge in [-0.1, -0.05) is 61.0 Å². The first-order valence-electron chi connectivity index (χ1n) is 9.45. The van der Waals surface area contributed by atoms with Crippen LogP contribution in [0.25, 0.3) is 0 Å². The highest BCUT2D eigenvalue weighted by atomic mass is 16.2. The minimum atomic E-state index is -0.578. The molecule has 140 valence electrons. The highest BCUT2D eigenvalue weighted by Gasteiger charge is 2.35. The van der Waals surface area contributed by atoms with E-state index < -0.39 is 17.1 Å². The van der Waals surface area contributed by atoms with Crippen molar-refractivity contribution >= 4 is 17.3 Å². The third-order valence-electron chi connectivity index (χ3n) is 5.35. The van der Waals surface area contributed by atoms with Crippen molar-refractivity contribution in [2.45, 2.75) is 38.6 Å². The molecule has 0 spiro atoms. The van der Waals surface area contributed by atoms with Crippen LogP contribution in [0.3, 0.4) is 0 Å². The van der Waals surface area contributed by atoms with Crippen LogP contribution in [0.4, 0.5) is 0 Å². The molecule has 0 atom stereocenters. The number of ketones is 3. The van der Waals surface area contributed by atoms with Gasteiger partial charge in [-0.25, -0.2) is 0 Å². The SMILES string of the molecule is CC(C)(C(=O)c1ccc(C(=O)C(=O)c2ccccc2)cc1)N1CCCCC1. The Balaban J connectivity index is 1.75. The van der Waals surface area contributed by atoms with Crippen molar-refractivity contribution in [2.75, 3.05) is 13.1 Å². The van der Waals surface area contributed by atoms with Gasteiger partial charge in [0.2, 0.25) is 11.6 Å². The monoisotopic (exact) mass is 363 g/mol. The van der Waals surface area contributed by atoms with E-state index in [2.05, 4.69) is 4.90 Å². The number of hydrogen-bond donors (Lipinski definition) is 0. The lowest BCUT2D eigenvalue weighted by Gasteiger charge is -2.39. The molecular formula is C23H25NO3. The molecule has 2 aromatic rings. The van der Waals surface area contributed by atoms with Gasteiger partial charge in [0.15, 0.2) is 5.78 Å². The van der Waals surface area contributed by atoms with Gasteiger partial charge in [-0.05, 0) is 39.8 Å². The third-order valence-corrected chi connectivity index (χ3v) is 5.35. The van der Waals surface area contributed by atoms with Crippen LogP contribution >= 0.6 is 0 Å². The van der Waals surface area contributed by atoms with E-state index in [-0.39, 0.29) is 5.78 Å². The largest absolute Gasteiger partial charge is 0.292 e. The molecule has 2 aromatic carbocycles. The van der Waals surface area contributed by atoms with Crippen LogP contribution in [0.5, 0.6) is 0 Å². The van der Waals surface area contributed by atoms with Crippen molar-refractivity contribution in [1.29, 1.82) is 0 Å². The molecule has 0 N–H and O–H groups in total. The van der Waals surface area contributed by atoms with Gasteiger partial charge in [0, 0.05) is 16.7 Å². The van der Waals surface area contributed by atoms with Gasteiger partial charge < -0.3 is 0 Å². The maximum atomic E-state index is 13.0. The van der Waals surface area contributed by atoms with Gasteiger partial charge in [0.25, 0.3) is 0 Å². The lowest BCUT2D eigenvalue weighted by atomic mass is 9.88. The van der Waals surface area contributed by atoms with Crippen molar-refractivity contribution in [1.82, 2.24) is 4.90 Å². The van der Waals surface area contributed by atoms with Crippen molar-refractivity contribution in [3.63, 3.8) is 0 Å². The fourth-order valence-electron chi connectivity index (χ4n) is 3.57. The van der Waals surface area contributed by atoms with E-state index >= 15 is 0 Å². The predicted molar refractivity (Wildman–Crippen MR) is 105 cm³/mol. The zero-order valence-electron chi connectivity index (χ0n) is 15.9. The van der Waals surface area contributed by atoms with Gasteiger partial charge in [0.1, 0.15) is 0 Å². The Bertz CT molecular complexity index is 832. The number of carbonyl (C=O) groups excluding carboxylic acids is 3. The van der Waals surface area contributed by atoms with Gasteiger partial charge in [0.05, 0.1) is 5.54 Å². The lowest BCUT2D eigenvalue weighted by Crippen LogP contribution is -2.52. The highest BCUT2D eigenvalue weighted by Crippen LogP contribution is 2.25. The van der Waals surface area contributed by atoms with E-state index in [0.29, 0.717) is 16.7 Å². The number of Topliss-reactive ketones (excluding diaryl/α,β-unsaturated/α-hetero) is 3. The quantitative estimate of drug-likeness (QED) is 0.570. The third kappa shape index (κ3) is 4.06. The molecule has 4 nitrogen and oxygen atoms in total. The predicted octanol–water partition coefficient (Wildman–Crippen LogP) is 4.20. The number of piperidine rings is 1. The van der Waals surface area contributed by atoms with Gasteiger partial charge in [-0.3, -0.25) is 19.3 Å². The average Bonchev–Trinajstić information content (AvgIpc) is 2.73. The molecule has 0 amide bonds. The number of likely N-dealkylation sites (tertiary alicyclic amines) is 1. The van der Waals surface area contributed by atoms with Crippen molar-refractivity contribution in [2.24, 2.45) is 0 Å². The van der Waals surface area contributed by atoms with Crippen LogP contribution in [0.2, 0.25) is 0 Å². The summed E-state index contributed by atoms with van der Waals surface area (Å²) in [6.45, 7) is 5.78. The summed E-state index contributed by atoms with van der Waals surface area (Å²) in [5.74, 6) is -1.06. The molecule has 0 bridgehead atoms. The van der Waals surface area contributed by atoms with Gasteiger partial charge in [-0.15, -0.1) is 0 Å². The molecule has 1 heterocycles. The molecule has 3 rings (SSSR count). The maximum Gasteiger partial charge on any atom is 0.233 e. The Morgan fingerprint density at radius 3 is 1.74 bits per heavy atom. The van der Waals surface area contributed by atoms with Gasteiger partial charge in [-0.2, -0.15) is 0 Å². The number of nitrogens with zero attached hydrogens (tertiary/aromatic N) is 1. The number of hydrogen-bond acceptors (Lipinski definition) is 4. The van der Waals surface area contributed by atoms with Crippen molar-refractivity contribution < 1.29 is 14.4 Å². The molecular weight excluding hydrogens is 338 g/mol. The second-order valence-electron chi connectivity index (χ2n) is 7.54. The molecule has 1 aliphatic heterocycles. The molecule has 0 radical (unpaired) electrons. The Hall–Kier alpha value is -2.59. The standard InChI is InChI=1S/C23H25NO3/c1-23(2,24-15-7-4-8-16-24)22(27)19-13-11-18(12-14-19)21(26)20(25)17-9-5-3-6-10-17/h3,5-6,9-14H,4,7-8,15-16H2,1-2H3. The summed E-state index contributed by atoms with van der Waals surface area (Å²) in [4.78, 5) is 40.0. The van der Waals surface area contributed by atoms with E-state index in [9.17, 15) is 14.4 Å². The Kier molecular flexibility index (Phi) is 5.66. The zero-order chi connectivity index (χ0) is 19.4. The first-order valence-corrected chi connectivity index (χ1v) is 9.45. The van der Waals surface area contributed by atoms with E-state index in [1.54, 1.807) is 54.6 Å². The van der Waals surface area contributed by atoms with Crippen molar-refractivity contribution in [3.05, 3.63) is 71.3 Å². The Labute approximate surface area is 160 Å². The van der Waals surface area contributed by atoms with Crippen LogP contribution < -0.4 is 0 Å². The molecule has 1 fully saturated rings. The van der Waals surface area contributed by atoms with Crippen LogP contribution in [-0.2, 0) is 0 Å². The first kappa shape index (κ1) is 19.2. The van der Waals surface area contributed by atoms with Crippen LogP contribution in [0.1, 0.15) is 64.2 Å². The summed E-state index contributed by atoms with van der Waals surface area (Å²) < 4.78 is 0. The Morgan fingerprint density at radius 2 is 1.19 bits per heavy atom. The molecule has 0 unspecified atom stereocenters. The van der Waals surface area contributed by atoms with Gasteiger partial charge >= 0.3 is 0 Å². The second kappa shape index (κ2) is 7.97. The van der Waals surface area contributed by atoms with E-state index in [4.69, 9.17) is 0 Å². The molecule has 0 aliphatic carbocycles.